The van der Waals surface area contributed by atoms with E-state index in [9.17, 15) is 0 Å². The van der Waals surface area contributed by atoms with Crippen LogP contribution >= 0.6 is 0 Å². The van der Waals surface area contributed by atoms with Gasteiger partial charge in [-0.3, -0.25) is 4.98 Å². The Labute approximate surface area is 392 Å². The summed E-state index contributed by atoms with van der Waals surface area (Å²) in [5.74, 6) is 0.600. The monoisotopic (exact) mass is 1020 g/mol. The third-order valence-electron chi connectivity index (χ3n) is 10.9. The van der Waals surface area contributed by atoms with E-state index in [1.165, 1.54) is 6.07 Å². The number of nitrogens with zero attached hydrogens (tertiary/aromatic N) is 4. The zero-order valence-electron chi connectivity index (χ0n) is 41.1. The van der Waals surface area contributed by atoms with Crippen LogP contribution in [0.4, 0.5) is 0 Å². The van der Waals surface area contributed by atoms with Crippen molar-refractivity contribution in [2.24, 2.45) is 5.92 Å². The number of aryl methyl sites for hydroxylation is 2. The zero-order chi connectivity index (χ0) is 47.3. The number of furan rings is 1. The van der Waals surface area contributed by atoms with Gasteiger partial charge in [-0.25, -0.2) is 4.98 Å². The van der Waals surface area contributed by atoms with Gasteiger partial charge in [0.05, 0.1) is 36.2 Å². The van der Waals surface area contributed by atoms with Crippen LogP contribution in [-0.4, -0.2) is 27.6 Å². The largest absolute Gasteiger partial charge is 0.486 e. The molecule has 10 rings (SSSR count). The molecule has 0 spiro atoms. The van der Waals surface area contributed by atoms with Gasteiger partial charge < -0.3 is 14.0 Å². The van der Waals surface area contributed by atoms with E-state index < -0.39 is 21.3 Å². The molecule has 0 fully saturated rings. The molecule has 6 aromatic carbocycles. The van der Waals surface area contributed by atoms with Gasteiger partial charge in [-0.1, -0.05) is 154 Å². The molecule has 0 N–H and O–H groups in total. The number of hydrogen-bond donors (Lipinski definition) is 0. The van der Waals surface area contributed by atoms with Crippen LogP contribution in [0.25, 0.3) is 83.7 Å². The fraction of sp³-hybridized carbons (Fsp3) is 0.161. The molecule has 315 valence electrons. The Morgan fingerprint density at radius 1 is 0.762 bits per heavy atom. The van der Waals surface area contributed by atoms with E-state index in [2.05, 4.69) is 149 Å². The summed E-state index contributed by atoms with van der Waals surface area (Å²) in [6.45, 7) is 10.1. The van der Waals surface area contributed by atoms with E-state index in [1.807, 2.05) is 51.1 Å². The van der Waals surface area contributed by atoms with Crippen LogP contribution < -0.4 is 5.19 Å². The predicted octanol–water partition coefficient (Wildman–Crippen LogP) is 14.0. The van der Waals surface area contributed by atoms with Crippen molar-refractivity contribution in [2.75, 3.05) is 0 Å². The van der Waals surface area contributed by atoms with Crippen molar-refractivity contribution in [3.05, 3.63) is 187 Å². The molecule has 5 nitrogen and oxygen atoms in total. The van der Waals surface area contributed by atoms with Crippen LogP contribution in [-0.2, 0) is 26.5 Å². The quantitative estimate of drug-likeness (QED) is 0.112. The topological polar surface area (TPSA) is 56.7 Å². The standard InChI is InChI=1S/C37H24N3O.C19H26NSi.Ir/c1-24-22-23-30-29-18-11-19-31(35(29)41-37(30)38-24)36-39-32-20-8-9-21-33(32)40(36)34-27(25-12-4-2-5-13-25)16-10-17-28(34)26-14-6-3-7-15-26;1-14(2)11-17-12-18(16-9-7-15(3)8-10-16)20-13-19(17)21(4,5)6;/h2-18,20-23H,1H3;7-9,12-14H,11H2,1-6H3;/q2*-1;/i;3D3,11D2;. The first-order valence-electron chi connectivity index (χ1n) is 23.5. The molecule has 7 heteroatoms. The number of pyridine rings is 2. The Kier molecular flexibility index (Phi) is 10.8. The van der Waals surface area contributed by atoms with Crippen molar-refractivity contribution in [2.45, 2.75) is 53.6 Å². The summed E-state index contributed by atoms with van der Waals surface area (Å²) in [5, 5.41) is 3.00. The van der Waals surface area contributed by atoms with Crippen molar-refractivity contribution in [1.82, 2.24) is 19.5 Å². The maximum Gasteiger partial charge on any atom is 0.216 e. The van der Waals surface area contributed by atoms with E-state index >= 15 is 0 Å². The summed E-state index contributed by atoms with van der Waals surface area (Å²) in [6.07, 6.45) is 0.328. The maximum atomic E-state index is 8.59. The first-order valence-corrected chi connectivity index (χ1v) is 24.5. The molecule has 10 aromatic rings. The minimum atomic E-state index is -2.16. The molecule has 0 atom stereocenters. The van der Waals surface area contributed by atoms with Crippen LogP contribution in [0.2, 0.25) is 19.6 Å². The Morgan fingerprint density at radius 3 is 2.11 bits per heavy atom. The third-order valence-corrected chi connectivity index (χ3v) is 12.9. The minimum absolute atomic E-state index is 0. The molecule has 0 unspecified atom stereocenters. The molecule has 0 aliphatic carbocycles. The first kappa shape index (κ1) is 37.3. The molecule has 4 heterocycles. The van der Waals surface area contributed by atoms with Crippen LogP contribution in [0, 0.1) is 31.8 Å². The van der Waals surface area contributed by atoms with E-state index in [1.54, 1.807) is 18.3 Å². The van der Waals surface area contributed by atoms with Gasteiger partial charge in [0.15, 0.2) is 0 Å². The van der Waals surface area contributed by atoms with E-state index in [4.69, 9.17) is 16.3 Å². The molecule has 0 aliphatic heterocycles. The van der Waals surface area contributed by atoms with Crippen molar-refractivity contribution in [1.29, 1.82) is 0 Å². The predicted molar refractivity (Wildman–Crippen MR) is 261 cm³/mol. The van der Waals surface area contributed by atoms with E-state index in [0.717, 1.165) is 77.6 Å². The Bertz CT molecular complexity index is 3340. The van der Waals surface area contributed by atoms with Crippen molar-refractivity contribution in [3.63, 3.8) is 0 Å². The summed E-state index contributed by atoms with van der Waals surface area (Å²) in [7, 11) is -1.78. The number of imidazole rings is 1. The number of aromatic nitrogens is 4. The second-order valence-corrected chi connectivity index (χ2v) is 21.9. The van der Waals surface area contributed by atoms with E-state index in [-0.39, 0.29) is 31.6 Å². The minimum Gasteiger partial charge on any atom is -0.486 e. The second-order valence-electron chi connectivity index (χ2n) is 16.9. The SMILES string of the molecule is Cc1ccc2c(n1)oc1c(-c3nc4ccccc4n3-c3c(-c4ccccc4)cccc3-c3ccccc3)[c-]ccc12.[2H]C([2H])([2H])c1c[c-]c(-c2cc(C([2H])([2H])C(C)C)c([Si](C)(C)C)cn2)cc1.[Ir]. The van der Waals surface area contributed by atoms with Gasteiger partial charge in [0.1, 0.15) is 0 Å². The van der Waals surface area contributed by atoms with Crippen LogP contribution in [0.3, 0.4) is 0 Å². The van der Waals surface area contributed by atoms with Gasteiger partial charge in [-0.05, 0) is 65.5 Å². The second kappa shape index (κ2) is 18.2. The van der Waals surface area contributed by atoms with Gasteiger partial charge >= 0.3 is 0 Å². The van der Waals surface area contributed by atoms with Crippen LogP contribution in [0.5, 0.6) is 0 Å². The van der Waals surface area contributed by atoms with Gasteiger partial charge in [0.25, 0.3) is 0 Å². The Morgan fingerprint density at radius 2 is 1.46 bits per heavy atom. The summed E-state index contributed by atoms with van der Waals surface area (Å²) in [4.78, 5) is 14.4. The Balaban J connectivity index is 0.000000202. The molecule has 0 amide bonds. The van der Waals surface area contributed by atoms with Crippen molar-refractivity contribution < 1.29 is 31.4 Å². The normalized spacial score (nSPS) is 13.1. The number of para-hydroxylation sites is 3. The van der Waals surface area contributed by atoms with Gasteiger partial charge in [0.2, 0.25) is 5.71 Å². The van der Waals surface area contributed by atoms with E-state index in [0.29, 0.717) is 22.5 Å². The summed E-state index contributed by atoms with van der Waals surface area (Å²) in [5.41, 5.74) is 12.7. The van der Waals surface area contributed by atoms with Gasteiger partial charge in [-0.2, -0.15) is 0 Å². The third kappa shape index (κ3) is 8.87. The van der Waals surface area contributed by atoms with Gasteiger partial charge in [0, 0.05) is 55.4 Å². The van der Waals surface area contributed by atoms with Crippen molar-refractivity contribution >= 4 is 46.4 Å². The first-order chi connectivity index (χ1) is 32.0. The fourth-order valence-electron chi connectivity index (χ4n) is 8.00. The molecule has 0 saturated heterocycles. The number of fused-ring (bicyclic) bond motifs is 4. The number of rotatable bonds is 8. The summed E-state index contributed by atoms with van der Waals surface area (Å²) in [6, 6.07) is 57.0. The fourth-order valence-corrected chi connectivity index (χ4v) is 9.41. The maximum absolute atomic E-state index is 8.59. The van der Waals surface area contributed by atoms with Crippen LogP contribution in [0.15, 0.2) is 162 Å². The molecule has 0 aliphatic rings. The van der Waals surface area contributed by atoms with Crippen molar-refractivity contribution in [3.8, 4) is 50.6 Å². The molecule has 4 aromatic heterocycles. The molecular formula is C56H50IrN4OSi-2. The molecule has 1 radical (unpaired) electrons. The molecule has 63 heavy (non-hydrogen) atoms. The molecule has 0 saturated carbocycles. The zero-order valence-corrected chi connectivity index (χ0v) is 39.5. The average Bonchev–Trinajstić information content (AvgIpc) is 3.89. The van der Waals surface area contributed by atoms with Gasteiger partial charge in [-0.15, -0.1) is 53.6 Å². The smallest absolute Gasteiger partial charge is 0.216 e. The molecular weight excluding hydrogens is 965 g/mol. The average molecular weight is 1020 g/mol. The Hall–Kier alpha value is -6.24. The summed E-state index contributed by atoms with van der Waals surface area (Å²) >= 11 is 0. The number of benzene rings is 6. The molecule has 0 bridgehead atoms. The number of hydrogen-bond acceptors (Lipinski definition) is 4. The summed E-state index contributed by atoms with van der Waals surface area (Å²) < 4.78 is 48.3. The van der Waals surface area contributed by atoms with Crippen LogP contribution in [0.1, 0.15) is 37.5 Å².